The maximum Gasteiger partial charge on any atom is 0.511 e. The third kappa shape index (κ3) is 9.43. The highest BCUT2D eigenvalue weighted by Gasteiger charge is 2.19. The Morgan fingerprint density at radius 1 is 1.03 bits per heavy atom. The van der Waals surface area contributed by atoms with Gasteiger partial charge >= 0.3 is 12.1 Å². The van der Waals surface area contributed by atoms with Gasteiger partial charge in [-0.25, -0.2) is 9.18 Å². The molecule has 0 heterocycles. The summed E-state index contributed by atoms with van der Waals surface area (Å²) in [4.78, 5) is 23.3. The van der Waals surface area contributed by atoms with E-state index in [0.717, 1.165) is 27.8 Å². The van der Waals surface area contributed by atoms with Crippen LogP contribution in [0, 0.1) is 26.6 Å². The van der Waals surface area contributed by atoms with Crippen molar-refractivity contribution in [2.24, 2.45) is 0 Å². The summed E-state index contributed by atoms with van der Waals surface area (Å²) >= 11 is 0. The van der Waals surface area contributed by atoms with Crippen LogP contribution in [0.1, 0.15) is 55.9 Å². The van der Waals surface area contributed by atoms with Gasteiger partial charge in [-0.1, -0.05) is 35.9 Å². The zero-order chi connectivity index (χ0) is 27.0. The van der Waals surface area contributed by atoms with Gasteiger partial charge in [0.15, 0.2) is 0 Å². The average Bonchev–Trinajstić information content (AvgIpc) is 2.73. The van der Waals surface area contributed by atoms with Gasteiger partial charge in [0.25, 0.3) is 0 Å². The molecule has 0 fully saturated rings. The Labute approximate surface area is 211 Å². The number of aliphatic hydroxyl groups is 2. The molecule has 0 aromatic heterocycles. The van der Waals surface area contributed by atoms with Gasteiger partial charge in [0.05, 0.1) is 18.6 Å². The van der Waals surface area contributed by atoms with Crippen LogP contribution >= 0.6 is 0 Å². The molecule has 0 aliphatic rings. The first-order chi connectivity index (χ1) is 16.7. The molecule has 8 heteroatoms. The van der Waals surface area contributed by atoms with Crippen LogP contribution in [0.5, 0.6) is 0 Å². The Bertz CT molecular complexity index is 1100. The van der Waals surface area contributed by atoms with E-state index in [1.165, 1.54) is 12.1 Å². The average molecular weight is 503 g/mol. The molecule has 2 aromatic rings. The fourth-order valence-electron chi connectivity index (χ4n) is 3.57. The van der Waals surface area contributed by atoms with Gasteiger partial charge in [-0.05, 0) is 81.5 Å². The van der Waals surface area contributed by atoms with Crippen LogP contribution in [-0.2, 0) is 19.0 Å². The number of benzene rings is 2. The molecule has 0 saturated carbocycles. The lowest BCUT2D eigenvalue weighted by Crippen LogP contribution is -2.26. The number of ether oxygens (including phenoxy) is 3. The van der Waals surface area contributed by atoms with E-state index in [0.29, 0.717) is 5.56 Å². The van der Waals surface area contributed by atoms with E-state index < -0.39 is 36.7 Å². The van der Waals surface area contributed by atoms with E-state index in [2.05, 4.69) is 4.74 Å². The number of carbonyl (C=O) groups excluding carboxylic acids is 2. The van der Waals surface area contributed by atoms with Crippen molar-refractivity contribution in [2.75, 3.05) is 6.79 Å². The minimum atomic E-state index is -1.17. The number of esters is 1. The minimum Gasteiger partial charge on any atom is -0.428 e. The lowest BCUT2D eigenvalue weighted by Gasteiger charge is -2.18. The molecule has 2 N–H and O–H groups in total. The second-order valence-corrected chi connectivity index (χ2v) is 9.77. The van der Waals surface area contributed by atoms with Crippen LogP contribution in [0.25, 0.3) is 17.2 Å². The highest BCUT2D eigenvalue weighted by molar-refractivity contribution is 5.78. The number of hydrogen-bond acceptors (Lipinski definition) is 7. The molecule has 0 unspecified atom stereocenters. The van der Waals surface area contributed by atoms with E-state index in [1.54, 1.807) is 45.9 Å². The first-order valence-corrected chi connectivity index (χ1v) is 11.7. The topological polar surface area (TPSA) is 102 Å². The monoisotopic (exact) mass is 502 g/mol. The van der Waals surface area contributed by atoms with Crippen LogP contribution in [0.3, 0.4) is 0 Å². The minimum absolute atomic E-state index is 0.103. The van der Waals surface area contributed by atoms with Gasteiger partial charge in [0, 0.05) is 6.42 Å². The Morgan fingerprint density at radius 3 is 2.36 bits per heavy atom. The summed E-state index contributed by atoms with van der Waals surface area (Å²) in [5.74, 6) is -1.06. The van der Waals surface area contributed by atoms with Crippen molar-refractivity contribution in [3.05, 3.63) is 64.5 Å². The molecule has 36 heavy (non-hydrogen) atoms. The predicted octanol–water partition coefficient (Wildman–Crippen LogP) is 5.39. The molecule has 0 bridgehead atoms. The Balaban J connectivity index is 1.97. The molecule has 7 nitrogen and oxygen atoms in total. The molecule has 2 atom stereocenters. The SMILES string of the molecule is Cc1cc(C)c(C=C[C@@H](O)C[C@@H](O)CC(=O)OCOC(=O)OC(C)(C)C)c(-c2ccc(F)c(C)c2)c1. The maximum absolute atomic E-state index is 13.8. The Hall–Kier alpha value is -3.23. The zero-order valence-electron chi connectivity index (χ0n) is 21.6. The van der Waals surface area contributed by atoms with E-state index in [9.17, 15) is 24.2 Å². The quantitative estimate of drug-likeness (QED) is 0.350. The highest BCUT2D eigenvalue weighted by atomic mass is 19.1. The number of carbonyl (C=O) groups is 2. The van der Waals surface area contributed by atoms with E-state index in [4.69, 9.17) is 9.47 Å². The zero-order valence-corrected chi connectivity index (χ0v) is 21.6. The van der Waals surface area contributed by atoms with Crippen molar-refractivity contribution >= 4 is 18.2 Å². The molecule has 2 rings (SSSR count). The van der Waals surface area contributed by atoms with Crippen LogP contribution in [0.15, 0.2) is 36.4 Å². The third-order valence-electron chi connectivity index (χ3n) is 5.19. The van der Waals surface area contributed by atoms with E-state index in [1.807, 2.05) is 26.0 Å². The van der Waals surface area contributed by atoms with Gasteiger partial charge in [0.2, 0.25) is 6.79 Å². The standard InChI is InChI=1S/C28H35FO7/c1-17-11-18(2)23(24(12-17)20-7-10-25(29)19(3)13-20)9-8-21(30)14-22(31)15-26(32)34-16-35-27(33)36-28(4,5)6/h7-13,21-22,30-31H,14-16H2,1-6H3/t21-,22-/m1/s1. The number of aryl methyl sites for hydroxylation is 3. The van der Waals surface area contributed by atoms with Gasteiger partial charge in [0.1, 0.15) is 11.4 Å². The Morgan fingerprint density at radius 2 is 1.72 bits per heavy atom. The van der Waals surface area contributed by atoms with Gasteiger partial charge in [-0.15, -0.1) is 0 Å². The number of rotatable bonds is 9. The smallest absolute Gasteiger partial charge is 0.428 e. The molecule has 0 spiro atoms. The molecular formula is C28H35FO7. The second-order valence-electron chi connectivity index (χ2n) is 9.77. The normalized spacial score (nSPS) is 13.4. The first-order valence-electron chi connectivity index (χ1n) is 11.7. The fourth-order valence-corrected chi connectivity index (χ4v) is 3.57. The predicted molar refractivity (Wildman–Crippen MR) is 135 cm³/mol. The molecule has 0 radical (unpaired) electrons. The lowest BCUT2D eigenvalue weighted by atomic mass is 9.92. The van der Waals surface area contributed by atoms with E-state index in [-0.39, 0.29) is 18.7 Å². The summed E-state index contributed by atoms with van der Waals surface area (Å²) in [6, 6.07) is 8.93. The van der Waals surface area contributed by atoms with Crippen molar-refractivity contribution in [3.8, 4) is 11.1 Å². The maximum atomic E-state index is 13.8. The first kappa shape index (κ1) is 29.0. The van der Waals surface area contributed by atoms with Gasteiger partial charge < -0.3 is 24.4 Å². The van der Waals surface area contributed by atoms with Crippen molar-refractivity contribution in [3.63, 3.8) is 0 Å². The summed E-state index contributed by atoms with van der Waals surface area (Å²) < 4.78 is 28.1. The van der Waals surface area contributed by atoms with Crippen molar-refractivity contribution < 1.29 is 38.4 Å². The summed E-state index contributed by atoms with van der Waals surface area (Å²) in [6.07, 6.45) is -0.365. The number of hydrogen-bond donors (Lipinski definition) is 2. The molecule has 0 aliphatic heterocycles. The van der Waals surface area contributed by atoms with Crippen LogP contribution in [-0.4, -0.2) is 46.9 Å². The summed E-state index contributed by atoms with van der Waals surface area (Å²) in [5, 5.41) is 20.6. The summed E-state index contributed by atoms with van der Waals surface area (Å²) in [5.41, 5.74) is 4.43. The van der Waals surface area contributed by atoms with Crippen molar-refractivity contribution in [2.45, 2.75) is 72.2 Å². The number of aliphatic hydroxyl groups excluding tert-OH is 2. The number of halogens is 1. The van der Waals surface area contributed by atoms with E-state index >= 15 is 0 Å². The molecule has 0 amide bonds. The molecule has 0 aliphatic carbocycles. The summed E-state index contributed by atoms with van der Waals surface area (Å²) in [7, 11) is 0. The van der Waals surface area contributed by atoms with Gasteiger partial charge in [-0.3, -0.25) is 4.79 Å². The summed E-state index contributed by atoms with van der Waals surface area (Å²) in [6.45, 7) is 9.99. The third-order valence-corrected chi connectivity index (χ3v) is 5.19. The molecular weight excluding hydrogens is 467 g/mol. The van der Waals surface area contributed by atoms with Crippen molar-refractivity contribution in [1.82, 2.24) is 0 Å². The highest BCUT2D eigenvalue weighted by Crippen LogP contribution is 2.30. The van der Waals surface area contributed by atoms with Crippen LogP contribution in [0.2, 0.25) is 0 Å². The van der Waals surface area contributed by atoms with Crippen LogP contribution in [0.4, 0.5) is 9.18 Å². The van der Waals surface area contributed by atoms with Crippen LogP contribution < -0.4 is 0 Å². The molecule has 0 saturated heterocycles. The van der Waals surface area contributed by atoms with Crippen molar-refractivity contribution in [1.29, 1.82) is 0 Å². The largest absolute Gasteiger partial charge is 0.511 e. The molecule has 196 valence electrons. The molecule has 2 aromatic carbocycles. The van der Waals surface area contributed by atoms with Gasteiger partial charge in [-0.2, -0.15) is 0 Å². The second kappa shape index (κ2) is 12.6. The Kier molecular flexibility index (Phi) is 10.2. The lowest BCUT2D eigenvalue weighted by molar-refractivity contribution is -0.156. The fraction of sp³-hybridized carbons (Fsp3) is 0.429.